The van der Waals surface area contributed by atoms with Gasteiger partial charge in [-0.1, -0.05) is 0 Å². The van der Waals surface area contributed by atoms with E-state index in [1.807, 2.05) is 4.90 Å². The Morgan fingerprint density at radius 2 is 1.91 bits per heavy atom. The van der Waals surface area contributed by atoms with Gasteiger partial charge in [-0.15, -0.1) is 0 Å². The smallest absolute Gasteiger partial charge is 0.254 e. The minimum absolute atomic E-state index is 0.0330. The Bertz CT molecular complexity index is 594. The molecule has 124 valence electrons. The van der Waals surface area contributed by atoms with E-state index in [0.717, 1.165) is 32.5 Å². The SMILES string of the molecule is O=C(c1ccc2c(c1)OCO2)N1CCN(CC(O)C2CC2)CC1. The third kappa shape index (κ3) is 3.14. The number of carbonyl (C=O) groups excluding carboxylic acids is 1. The first-order valence-corrected chi connectivity index (χ1v) is 8.30. The van der Waals surface area contributed by atoms with Crippen LogP contribution in [0.15, 0.2) is 18.2 Å². The molecule has 1 aliphatic carbocycles. The Labute approximate surface area is 135 Å². The van der Waals surface area contributed by atoms with Crippen molar-refractivity contribution in [1.29, 1.82) is 0 Å². The highest BCUT2D eigenvalue weighted by Gasteiger charge is 2.32. The molecule has 1 N–H and O–H groups in total. The highest BCUT2D eigenvalue weighted by atomic mass is 16.7. The first-order valence-electron chi connectivity index (χ1n) is 8.30. The van der Waals surface area contributed by atoms with Crippen LogP contribution in [0, 0.1) is 5.92 Å². The number of hydrogen-bond acceptors (Lipinski definition) is 5. The van der Waals surface area contributed by atoms with Gasteiger partial charge in [0.15, 0.2) is 11.5 Å². The minimum Gasteiger partial charge on any atom is -0.454 e. The fourth-order valence-corrected chi connectivity index (χ4v) is 3.24. The average Bonchev–Trinajstić information content (AvgIpc) is 3.32. The number of β-amino-alcohol motifs (C(OH)–C–C–N with tert-alkyl or cyclic N) is 1. The summed E-state index contributed by atoms with van der Waals surface area (Å²) in [5, 5.41) is 10.0. The zero-order valence-corrected chi connectivity index (χ0v) is 13.1. The van der Waals surface area contributed by atoms with Crippen LogP contribution in [0.4, 0.5) is 0 Å². The molecule has 1 amide bonds. The second kappa shape index (κ2) is 6.02. The summed E-state index contributed by atoms with van der Waals surface area (Å²) in [7, 11) is 0. The van der Waals surface area contributed by atoms with Gasteiger partial charge in [0.2, 0.25) is 6.79 Å². The highest BCUT2D eigenvalue weighted by Crippen LogP contribution is 2.34. The number of piperazine rings is 1. The van der Waals surface area contributed by atoms with Gasteiger partial charge in [-0.05, 0) is 37.0 Å². The van der Waals surface area contributed by atoms with Crippen LogP contribution in [-0.2, 0) is 0 Å². The topological polar surface area (TPSA) is 62.2 Å². The quantitative estimate of drug-likeness (QED) is 0.895. The second-order valence-electron chi connectivity index (χ2n) is 6.57. The third-order valence-electron chi connectivity index (χ3n) is 4.89. The van der Waals surface area contributed by atoms with E-state index in [4.69, 9.17) is 9.47 Å². The molecule has 23 heavy (non-hydrogen) atoms. The van der Waals surface area contributed by atoms with Gasteiger partial charge in [0, 0.05) is 38.3 Å². The Morgan fingerprint density at radius 3 is 2.65 bits per heavy atom. The molecule has 0 aromatic heterocycles. The maximum atomic E-state index is 12.6. The fourth-order valence-electron chi connectivity index (χ4n) is 3.24. The van der Waals surface area contributed by atoms with E-state index in [1.165, 1.54) is 0 Å². The molecule has 0 bridgehead atoms. The molecule has 2 aliphatic heterocycles. The maximum Gasteiger partial charge on any atom is 0.254 e. The first-order chi connectivity index (χ1) is 11.2. The molecule has 1 unspecified atom stereocenters. The number of aliphatic hydroxyl groups is 1. The third-order valence-corrected chi connectivity index (χ3v) is 4.89. The van der Waals surface area contributed by atoms with E-state index in [0.29, 0.717) is 36.1 Å². The Balaban J connectivity index is 1.33. The molecule has 1 saturated carbocycles. The van der Waals surface area contributed by atoms with Crippen LogP contribution in [0.5, 0.6) is 11.5 Å². The molecule has 6 nitrogen and oxygen atoms in total. The van der Waals surface area contributed by atoms with Crippen molar-refractivity contribution in [3.63, 3.8) is 0 Å². The predicted molar refractivity (Wildman–Crippen MR) is 83.6 cm³/mol. The zero-order chi connectivity index (χ0) is 15.8. The molecule has 2 heterocycles. The summed E-state index contributed by atoms with van der Waals surface area (Å²) in [4.78, 5) is 16.7. The lowest BCUT2D eigenvalue weighted by Crippen LogP contribution is -2.50. The van der Waals surface area contributed by atoms with Crippen LogP contribution in [0.2, 0.25) is 0 Å². The first kappa shape index (κ1) is 14.8. The highest BCUT2D eigenvalue weighted by molar-refractivity contribution is 5.95. The van der Waals surface area contributed by atoms with Gasteiger partial charge in [-0.2, -0.15) is 0 Å². The number of benzene rings is 1. The van der Waals surface area contributed by atoms with Crippen molar-refractivity contribution in [2.45, 2.75) is 18.9 Å². The number of hydrogen-bond donors (Lipinski definition) is 1. The van der Waals surface area contributed by atoms with Crippen molar-refractivity contribution in [2.75, 3.05) is 39.5 Å². The van der Waals surface area contributed by atoms with Crippen molar-refractivity contribution < 1.29 is 19.4 Å². The van der Waals surface area contributed by atoms with Gasteiger partial charge in [0.25, 0.3) is 5.91 Å². The Morgan fingerprint density at radius 1 is 1.17 bits per heavy atom. The minimum atomic E-state index is -0.203. The largest absolute Gasteiger partial charge is 0.454 e. The van der Waals surface area contributed by atoms with Crippen LogP contribution in [0.1, 0.15) is 23.2 Å². The van der Waals surface area contributed by atoms with Gasteiger partial charge >= 0.3 is 0 Å². The van der Waals surface area contributed by atoms with Crippen LogP contribution in [-0.4, -0.2) is 66.4 Å². The number of nitrogens with zero attached hydrogens (tertiary/aromatic N) is 2. The summed E-state index contributed by atoms with van der Waals surface area (Å²) in [6.07, 6.45) is 2.11. The number of ether oxygens (including phenoxy) is 2. The summed E-state index contributed by atoms with van der Waals surface area (Å²) in [6, 6.07) is 5.34. The monoisotopic (exact) mass is 318 g/mol. The fraction of sp³-hybridized carbons (Fsp3) is 0.588. The summed E-state index contributed by atoms with van der Waals surface area (Å²) >= 11 is 0. The molecule has 0 spiro atoms. The lowest BCUT2D eigenvalue weighted by atomic mass is 10.1. The number of aliphatic hydroxyl groups excluding tert-OH is 1. The van der Waals surface area contributed by atoms with E-state index in [-0.39, 0.29) is 18.8 Å². The molecular formula is C17H22N2O4. The van der Waals surface area contributed by atoms with Crippen molar-refractivity contribution in [1.82, 2.24) is 9.80 Å². The molecular weight excluding hydrogens is 296 g/mol. The number of carbonyl (C=O) groups is 1. The maximum absolute atomic E-state index is 12.6. The van der Waals surface area contributed by atoms with E-state index in [2.05, 4.69) is 4.90 Å². The Hall–Kier alpha value is -1.79. The molecule has 6 heteroatoms. The van der Waals surface area contributed by atoms with Gasteiger partial charge in [0.05, 0.1) is 6.10 Å². The van der Waals surface area contributed by atoms with Crippen LogP contribution >= 0.6 is 0 Å². The van der Waals surface area contributed by atoms with Gasteiger partial charge in [-0.3, -0.25) is 9.69 Å². The van der Waals surface area contributed by atoms with E-state index >= 15 is 0 Å². The lowest BCUT2D eigenvalue weighted by Gasteiger charge is -2.35. The van der Waals surface area contributed by atoms with Gasteiger partial charge in [-0.25, -0.2) is 0 Å². The second-order valence-corrected chi connectivity index (χ2v) is 6.57. The summed E-state index contributed by atoms with van der Waals surface area (Å²) in [5.41, 5.74) is 0.640. The van der Waals surface area contributed by atoms with Crippen molar-refractivity contribution in [3.8, 4) is 11.5 Å². The van der Waals surface area contributed by atoms with Crippen LogP contribution in [0.3, 0.4) is 0 Å². The average molecular weight is 318 g/mol. The molecule has 1 saturated heterocycles. The molecule has 2 fully saturated rings. The molecule has 1 aromatic carbocycles. The molecule has 1 atom stereocenters. The summed E-state index contributed by atoms with van der Waals surface area (Å²) in [5.74, 6) is 1.87. The van der Waals surface area contributed by atoms with E-state index in [9.17, 15) is 9.90 Å². The normalized spacial score (nSPS) is 22.2. The summed E-state index contributed by atoms with van der Waals surface area (Å²) < 4.78 is 10.6. The number of fused-ring (bicyclic) bond motifs is 1. The lowest BCUT2D eigenvalue weighted by molar-refractivity contribution is 0.0488. The van der Waals surface area contributed by atoms with Crippen molar-refractivity contribution in [3.05, 3.63) is 23.8 Å². The van der Waals surface area contributed by atoms with Gasteiger partial charge < -0.3 is 19.5 Å². The van der Waals surface area contributed by atoms with Crippen LogP contribution < -0.4 is 9.47 Å². The standard InChI is InChI=1S/C17H22N2O4/c20-14(12-1-2-12)10-18-5-7-19(8-6-18)17(21)13-3-4-15-16(9-13)23-11-22-15/h3-4,9,12,14,20H,1-2,5-8,10-11H2. The Kier molecular flexibility index (Phi) is 3.87. The van der Waals surface area contributed by atoms with E-state index < -0.39 is 0 Å². The zero-order valence-electron chi connectivity index (χ0n) is 13.1. The summed E-state index contributed by atoms with van der Waals surface area (Å²) in [6.45, 7) is 3.99. The molecule has 3 aliphatic rings. The molecule has 0 radical (unpaired) electrons. The van der Waals surface area contributed by atoms with E-state index in [1.54, 1.807) is 18.2 Å². The molecule has 4 rings (SSSR count). The molecule has 1 aromatic rings. The predicted octanol–water partition coefficient (Wildman–Crippen LogP) is 0.944. The number of amides is 1. The van der Waals surface area contributed by atoms with Crippen molar-refractivity contribution in [2.24, 2.45) is 5.92 Å². The van der Waals surface area contributed by atoms with Crippen molar-refractivity contribution >= 4 is 5.91 Å². The van der Waals surface area contributed by atoms with Crippen LogP contribution in [0.25, 0.3) is 0 Å². The number of rotatable bonds is 4. The van der Waals surface area contributed by atoms with Gasteiger partial charge in [0.1, 0.15) is 0 Å².